The van der Waals surface area contributed by atoms with E-state index in [4.69, 9.17) is 11.6 Å². The Morgan fingerprint density at radius 1 is 1.37 bits per heavy atom. The Balaban J connectivity index is 2.21. The number of nitrogens with zero attached hydrogens (tertiary/aromatic N) is 2. The van der Waals surface area contributed by atoms with Crippen LogP contribution in [0.3, 0.4) is 0 Å². The molecule has 0 radical (unpaired) electrons. The van der Waals surface area contributed by atoms with Crippen LogP contribution in [0.25, 0.3) is 0 Å². The van der Waals surface area contributed by atoms with Crippen LogP contribution >= 0.6 is 11.6 Å². The van der Waals surface area contributed by atoms with Crippen molar-refractivity contribution >= 4 is 11.6 Å². The van der Waals surface area contributed by atoms with Gasteiger partial charge in [-0.05, 0) is 38.6 Å². The monoisotopic (exact) mass is 275 g/mol. The van der Waals surface area contributed by atoms with Crippen molar-refractivity contribution in [1.29, 1.82) is 0 Å². The van der Waals surface area contributed by atoms with E-state index < -0.39 is 0 Å². The molecule has 2 aromatic rings. The van der Waals surface area contributed by atoms with Gasteiger partial charge in [-0.1, -0.05) is 23.7 Å². The Kier molecular flexibility index (Phi) is 4.51. The third-order valence-electron chi connectivity index (χ3n) is 3.22. The van der Waals surface area contributed by atoms with Gasteiger partial charge >= 0.3 is 0 Å². The highest BCUT2D eigenvalue weighted by atomic mass is 35.5. The van der Waals surface area contributed by atoms with Gasteiger partial charge in [-0.2, -0.15) is 0 Å². The van der Waals surface area contributed by atoms with E-state index in [-0.39, 0.29) is 6.04 Å². The fourth-order valence-corrected chi connectivity index (χ4v) is 2.23. The first kappa shape index (κ1) is 14.0. The molecule has 1 heterocycles. The van der Waals surface area contributed by atoms with Gasteiger partial charge < -0.3 is 5.32 Å². The Bertz CT molecular complexity index is 569. The van der Waals surface area contributed by atoms with Crippen LogP contribution in [-0.4, -0.2) is 17.0 Å². The maximum absolute atomic E-state index is 5.98. The predicted molar refractivity (Wildman–Crippen MR) is 78.5 cm³/mol. The quantitative estimate of drug-likeness (QED) is 0.930. The molecule has 1 aromatic heterocycles. The molecule has 0 aliphatic carbocycles. The Morgan fingerprint density at radius 2 is 2.16 bits per heavy atom. The number of hydrogen-bond donors (Lipinski definition) is 1. The van der Waals surface area contributed by atoms with Crippen LogP contribution < -0.4 is 5.32 Å². The van der Waals surface area contributed by atoms with Gasteiger partial charge in [0.25, 0.3) is 0 Å². The molecule has 0 bridgehead atoms. The lowest BCUT2D eigenvalue weighted by molar-refractivity contribution is 0.638. The summed E-state index contributed by atoms with van der Waals surface area (Å²) in [5, 5.41) is 3.95. The van der Waals surface area contributed by atoms with E-state index in [0.717, 1.165) is 27.7 Å². The average Bonchev–Trinajstić information content (AvgIpc) is 2.38. The van der Waals surface area contributed by atoms with Crippen molar-refractivity contribution in [2.45, 2.75) is 26.3 Å². The molecule has 0 amide bonds. The summed E-state index contributed by atoms with van der Waals surface area (Å²) in [4.78, 5) is 9.01. The lowest BCUT2D eigenvalue weighted by Gasteiger charge is -2.13. The zero-order chi connectivity index (χ0) is 13.8. The summed E-state index contributed by atoms with van der Waals surface area (Å²) in [6.07, 6.45) is 2.61. The van der Waals surface area contributed by atoms with Crippen LogP contribution in [0.4, 0.5) is 0 Å². The molecule has 1 unspecified atom stereocenters. The highest BCUT2D eigenvalue weighted by Gasteiger charge is 2.09. The second-order valence-corrected chi connectivity index (χ2v) is 5.08. The van der Waals surface area contributed by atoms with E-state index in [2.05, 4.69) is 22.2 Å². The topological polar surface area (TPSA) is 37.8 Å². The Hall–Kier alpha value is -1.45. The molecule has 1 N–H and O–H groups in total. The zero-order valence-electron chi connectivity index (χ0n) is 11.4. The number of halogens is 1. The molecule has 0 saturated heterocycles. The SMILES string of the molecule is CNC(C)c1cnc(Cc2cccc(Cl)c2)nc1C. The summed E-state index contributed by atoms with van der Waals surface area (Å²) in [5.41, 5.74) is 3.28. The minimum absolute atomic E-state index is 0.264. The normalized spacial score (nSPS) is 12.4. The van der Waals surface area contributed by atoms with Gasteiger partial charge in [-0.25, -0.2) is 9.97 Å². The van der Waals surface area contributed by atoms with Crippen molar-refractivity contribution in [2.24, 2.45) is 0 Å². The lowest BCUT2D eigenvalue weighted by atomic mass is 10.1. The summed E-state index contributed by atoms with van der Waals surface area (Å²) in [5.74, 6) is 0.826. The van der Waals surface area contributed by atoms with Gasteiger partial charge in [-0.15, -0.1) is 0 Å². The Morgan fingerprint density at radius 3 is 2.79 bits per heavy atom. The number of aromatic nitrogens is 2. The minimum atomic E-state index is 0.264. The third kappa shape index (κ3) is 3.52. The third-order valence-corrected chi connectivity index (χ3v) is 3.45. The van der Waals surface area contributed by atoms with Crippen molar-refractivity contribution in [1.82, 2.24) is 15.3 Å². The molecule has 2 rings (SSSR count). The van der Waals surface area contributed by atoms with E-state index in [1.54, 1.807) is 0 Å². The summed E-state index contributed by atoms with van der Waals surface area (Å²) in [6, 6.07) is 8.07. The van der Waals surface area contributed by atoms with E-state index in [9.17, 15) is 0 Å². The van der Waals surface area contributed by atoms with Crippen LogP contribution in [0.1, 0.15) is 35.6 Å². The zero-order valence-corrected chi connectivity index (χ0v) is 12.2. The summed E-state index contributed by atoms with van der Waals surface area (Å²) >= 11 is 5.98. The first-order valence-electron chi connectivity index (χ1n) is 6.34. The number of nitrogens with one attached hydrogen (secondary N) is 1. The molecule has 4 heteroatoms. The standard InChI is InChI=1S/C15H18ClN3/c1-10(17-3)14-9-18-15(19-11(14)2)8-12-5-4-6-13(16)7-12/h4-7,9-10,17H,8H2,1-3H3. The number of hydrogen-bond acceptors (Lipinski definition) is 3. The average molecular weight is 276 g/mol. The minimum Gasteiger partial charge on any atom is -0.313 e. The number of benzene rings is 1. The van der Waals surface area contributed by atoms with Crippen molar-refractivity contribution in [3.8, 4) is 0 Å². The second-order valence-electron chi connectivity index (χ2n) is 4.64. The van der Waals surface area contributed by atoms with Crippen LogP contribution in [0.5, 0.6) is 0 Å². The van der Waals surface area contributed by atoms with E-state index in [1.165, 1.54) is 0 Å². The van der Waals surface area contributed by atoms with Crippen LogP contribution in [0, 0.1) is 6.92 Å². The number of aryl methyl sites for hydroxylation is 1. The lowest BCUT2D eigenvalue weighted by Crippen LogP contribution is -2.15. The van der Waals surface area contributed by atoms with Crippen molar-refractivity contribution in [2.75, 3.05) is 7.05 Å². The maximum Gasteiger partial charge on any atom is 0.132 e. The first-order chi connectivity index (χ1) is 9.10. The maximum atomic E-state index is 5.98. The predicted octanol–water partition coefficient (Wildman–Crippen LogP) is 3.31. The fraction of sp³-hybridized carbons (Fsp3) is 0.333. The van der Waals surface area contributed by atoms with Crippen molar-refractivity contribution in [3.05, 3.63) is 58.1 Å². The molecular weight excluding hydrogens is 258 g/mol. The smallest absolute Gasteiger partial charge is 0.132 e. The summed E-state index contributed by atoms with van der Waals surface area (Å²) in [6.45, 7) is 4.12. The summed E-state index contributed by atoms with van der Waals surface area (Å²) in [7, 11) is 1.93. The van der Waals surface area contributed by atoms with Gasteiger partial charge in [-0.3, -0.25) is 0 Å². The fourth-order valence-electron chi connectivity index (χ4n) is 2.02. The van der Waals surface area contributed by atoms with Gasteiger partial charge in [0.15, 0.2) is 0 Å². The second kappa shape index (κ2) is 6.13. The molecule has 3 nitrogen and oxygen atoms in total. The molecule has 0 saturated carbocycles. The van der Waals surface area contributed by atoms with Gasteiger partial charge in [0.1, 0.15) is 5.82 Å². The molecular formula is C15H18ClN3. The Labute approximate surface area is 119 Å². The van der Waals surface area contributed by atoms with Crippen LogP contribution in [0.2, 0.25) is 5.02 Å². The number of rotatable bonds is 4. The van der Waals surface area contributed by atoms with Gasteiger partial charge in [0.05, 0.1) is 0 Å². The van der Waals surface area contributed by atoms with Gasteiger partial charge in [0, 0.05) is 34.9 Å². The first-order valence-corrected chi connectivity index (χ1v) is 6.72. The molecule has 100 valence electrons. The van der Waals surface area contributed by atoms with E-state index in [0.29, 0.717) is 6.42 Å². The molecule has 0 spiro atoms. The molecule has 0 aliphatic rings. The van der Waals surface area contributed by atoms with Crippen LogP contribution in [-0.2, 0) is 6.42 Å². The highest BCUT2D eigenvalue weighted by molar-refractivity contribution is 6.30. The van der Waals surface area contributed by atoms with Crippen LogP contribution in [0.15, 0.2) is 30.5 Å². The molecule has 0 aliphatic heterocycles. The van der Waals surface area contributed by atoms with Crippen molar-refractivity contribution in [3.63, 3.8) is 0 Å². The molecule has 19 heavy (non-hydrogen) atoms. The summed E-state index contributed by atoms with van der Waals surface area (Å²) < 4.78 is 0. The molecule has 0 fully saturated rings. The largest absolute Gasteiger partial charge is 0.313 e. The van der Waals surface area contributed by atoms with Crippen molar-refractivity contribution < 1.29 is 0 Å². The van der Waals surface area contributed by atoms with Gasteiger partial charge in [0.2, 0.25) is 0 Å². The van der Waals surface area contributed by atoms with E-state index >= 15 is 0 Å². The highest BCUT2D eigenvalue weighted by Crippen LogP contribution is 2.16. The van der Waals surface area contributed by atoms with E-state index in [1.807, 2.05) is 44.4 Å². The molecule has 1 aromatic carbocycles. The molecule has 1 atom stereocenters.